The first kappa shape index (κ1) is 8.48. The Balaban J connectivity index is 1.69. The van der Waals surface area contributed by atoms with Crippen LogP contribution in [0.2, 0.25) is 0 Å². The lowest BCUT2D eigenvalue weighted by Gasteiger charge is -2.25. The van der Waals surface area contributed by atoms with Crippen LogP contribution in [0.5, 0.6) is 0 Å². The van der Waals surface area contributed by atoms with Crippen molar-refractivity contribution in [1.29, 1.82) is 0 Å². The molecular formula is C9H17NO2. The number of hydrogen-bond acceptors (Lipinski definition) is 3. The molecular weight excluding hydrogens is 154 g/mol. The zero-order chi connectivity index (χ0) is 8.23. The van der Waals surface area contributed by atoms with Crippen molar-refractivity contribution in [3.63, 3.8) is 0 Å². The minimum Gasteiger partial charge on any atom is -0.353 e. The molecule has 0 radical (unpaired) electrons. The minimum absolute atomic E-state index is 0.0867. The van der Waals surface area contributed by atoms with Gasteiger partial charge in [0.25, 0.3) is 0 Å². The summed E-state index contributed by atoms with van der Waals surface area (Å²) < 4.78 is 11.3. The molecule has 0 amide bonds. The summed E-state index contributed by atoms with van der Waals surface area (Å²) in [6, 6.07) is 0. The lowest BCUT2D eigenvalue weighted by atomic mass is 10.2. The average molecular weight is 171 g/mol. The maximum atomic E-state index is 5.77. The number of hydrogen-bond donors (Lipinski definition) is 1. The Morgan fingerprint density at radius 2 is 2.25 bits per heavy atom. The Hall–Kier alpha value is -0.120. The van der Waals surface area contributed by atoms with Crippen LogP contribution < -0.4 is 5.32 Å². The van der Waals surface area contributed by atoms with E-state index in [-0.39, 0.29) is 6.29 Å². The van der Waals surface area contributed by atoms with Crippen LogP contribution in [-0.2, 0) is 9.47 Å². The summed E-state index contributed by atoms with van der Waals surface area (Å²) >= 11 is 0. The lowest BCUT2D eigenvalue weighted by molar-refractivity contribution is -0.183. The first-order valence-corrected chi connectivity index (χ1v) is 4.93. The summed E-state index contributed by atoms with van der Waals surface area (Å²) in [5.74, 6) is 0. The van der Waals surface area contributed by atoms with Crippen molar-refractivity contribution in [3.05, 3.63) is 0 Å². The van der Waals surface area contributed by atoms with Crippen LogP contribution in [0.1, 0.15) is 25.7 Å². The van der Waals surface area contributed by atoms with Gasteiger partial charge in [-0.2, -0.15) is 0 Å². The fourth-order valence-electron chi connectivity index (χ4n) is 1.78. The zero-order valence-electron chi connectivity index (χ0n) is 7.42. The van der Waals surface area contributed by atoms with E-state index in [0.717, 1.165) is 32.5 Å². The monoisotopic (exact) mass is 171 g/mol. The Bertz CT molecular complexity index is 128. The van der Waals surface area contributed by atoms with Crippen molar-refractivity contribution in [2.45, 2.75) is 38.1 Å². The molecule has 2 saturated heterocycles. The number of rotatable bonds is 2. The van der Waals surface area contributed by atoms with Gasteiger partial charge in [-0.1, -0.05) is 0 Å². The van der Waals surface area contributed by atoms with Gasteiger partial charge in [0.2, 0.25) is 0 Å². The molecule has 0 aromatic rings. The molecule has 2 aliphatic heterocycles. The fourth-order valence-corrected chi connectivity index (χ4v) is 1.78. The van der Waals surface area contributed by atoms with Crippen molar-refractivity contribution < 1.29 is 9.47 Å². The van der Waals surface area contributed by atoms with E-state index in [0.29, 0.717) is 6.10 Å². The third kappa shape index (κ3) is 2.19. The molecule has 3 nitrogen and oxygen atoms in total. The molecule has 1 N–H and O–H groups in total. The maximum absolute atomic E-state index is 5.77. The standard InChI is InChI=1S/C9H17NO2/c1-2-6-11-9(3-1)12-8-4-5-10-7-8/h8-10H,1-7H2/t8?,9-/m0/s1. The van der Waals surface area contributed by atoms with Crippen molar-refractivity contribution in [3.8, 4) is 0 Å². The largest absolute Gasteiger partial charge is 0.353 e. The summed E-state index contributed by atoms with van der Waals surface area (Å²) in [5.41, 5.74) is 0. The van der Waals surface area contributed by atoms with Crippen molar-refractivity contribution in [1.82, 2.24) is 5.32 Å². The van der Waals surface area contributed by atoms with Crippen molar-refractivity contribution in [2.24, 2.45) is 0 Å². The molecule has 70 valence electrons. The van der Waals surface area contributed by atoms with E-state index < -0.39 is 0 Å². The molecule has 0 aromatic carbocycles. The Morgan fingerprint density at radius 3 is 2.92 bits per heavy atom. The first-order valence-electron chi connectivity index (χ1n) is 4.93. The van der Waals surface area contributed by atoms with Gasteiger partial charge in [0, 0.05) is 13.2 Å². The van der Waals surface area contributed by atoms with Gasteiger partial charge in [0.1, 0.15) is 0 Å². The van der Waals surface area contributed by atoms with Gasteiger partial charge in [-0.25, -0.2) is 0 Å². The molecule has 0 aliphatic carbocycles. The second-order valence-electron chi connectivity index (χ2n) is 3.55. The molecule has 0 bridgehead atoms. The highest BCUT2D eigenvalue weighted by molar-refractivity contribution is 4.72. The van der Waals surface area contributed by atoms with Gasteiger partial charge in [0.05, 0.1) is 6.10 Å². The predicted octanol–water partition coefficient (Wildman–Crippen LogP) is 0.891. The predicted molar refractivity (Wildman–Crippen MR) is 46.0 cm³/mol. The summed E-state index contributed by atoms with van der Waals surface area (Å²) in [6.45, 7) is 2.97. The van der Waals surface area contributed by atoms with Gasteiger partial charge in [-0.05, 0) is 32.2 Å². The second kappa shape index (κ2) is 4.21. The third-order valence-electron chi connectivity index (χ3n) is 2.50. The normalized spacial score (nSPS) is 37.0. The van der Waals surface area contributed by atoms with Gasteiger partial charge in [-0.15, -0.1) is 0 Å². The molecule has 2 fully saturated rings. The minimum atomic E-state index is 0.0867. The Labute approximate surface area is 73.4 Å². The molecule has 1 unspecified atom stereocenters. The fraction of sp³-hybridized carbons (Fsp3) is 1.00. The molecule has 2 aliphatic rings. The van der Waals surface area contributed by atoms with Crippen molar-refractivity contribution >= 4 is 0 Å². The molecule has 0 spiro atoms. The molecule has 2 atom stereocenters. The van der Waals surface area contributed by atoms with Crippen LogP contribution in [0.4, 0.5) is 0 Å². The highest BCUT2D eigenvalue weighted by Crippen LogP contribution is 2.17. The number of ether oxygens (including phenoxy) is 2. The molecule has 2 heterocycles. The zero-order valence-corrected chi connectivity index (χ0v) is 7.42. The average Bonchev–Trinajstić information content (AvgIpc) is 2.59. The lowest BCUT2D eigenvalue weighted by Crippen LogP contribution is -2.29. The molecule has 3 heteroatoms. The van der Waals surface area contributed by atoms with Crippen LogP contribution in [0, 0.1) is 0 Å². The molecule has 0 saturated carbocycles. The van der Waals surface area contributed by atoms with E-state index in [1.165, 1.54) is 12.8 Å². The topological polar surface area (TPSA) is 30.5 Å². The summed E-state index contributed by atoms with van der Waals surface area (Å²) in [5, 5.41) is 3.28. The third-order valence-corrected chi connectivity index (χ3v) is 2.50. The Morgan fingerprint density at radius 1 is 1.25 bits per heavy atom. The van der Waals surface area contributed by atoms with E-state index in [1.807, 2.05) is 0 Å². The van der Waals surface area contributed by atoms with Crippen LogP contribution >= 0.6 is 0 Å². The van der Waals surface area contributed by atoms with Crippen molar-refractivity contribution in [2.75, 3.05) is 19.7 Å². The molecule has 12 heavy (non-hydrogen) atoms. The smallest absolute Gasteiger partial charge is 0.158 e. The van der Waals surface area contributed by atoms with Gasteiger partial charge in [0.15, 0.2) is 6.29 Å². The van der Waals surface area contributed by atoms with E-state index >= 15 is 0 Å². The van der Waals surface area contributed by atoms with E-state index in [1.54, 1.807) is 0 Å². The van der Waals surface area contributed by atoms with Crippen LogP contribution in [0.3, 0.4) is 0 Å². The summed E-state index contributed by atoms with van der Waals surface area (Å²) in [4.78, 5) is 0. The van der Waals surface area contributed by atoms with E-state index in [9.17, 15) is 0 Å². The SMILES string of the molecule is C1CC[C@H](OC2CCNC2)OC1. The van der Waals surface area contributed by atoms with Gasteiger partial charge < -0.3 is 14.8 Å². The molecule has 2 rings (SSSR count). The van der Waals surface area contributed by atoms with E-state index in [2.05, 4.69) is 5.32 Å². The van der Waals surface area contributed by atoms with Crippen LogP contribution in [0.15, 0.2) is 0 Å². The van der Waals surface area contributed by atoms with Gasteiger partial charge >= 0.3 is 0 Å². The van der Waals surface area contributed by atoms with Gasteiger partial charge in [-0.3, -0.25) is 0 Å². The number of nitrogens with one attached hydrogen (secondary N) is 1. The summed E-state index contributed by atoms with van der Waals surface area (Å²) in [7, 11) is 0. The Kier molecular flexibility index (Phi) is 2.98. The first-order chi connectivity index (χ1) is 5.95. The molecule has 0 aromatic heterocycles. The highest BCUT2D eigenvalue weighted by atomic mass is 16.7. The summed E-state index contributed by atoms with van der Waals surface area (Å²) in [6.07, 6.45) is 5.15. The quantitative estimate of drug-likeness (QED) is 0.669. The van der Waals surface area contributed by atoms with Crippen LogP contribution in [-0.4, -0.2) is 32.1 Å². The van der Waals surface area contributed by atoms with Crippen LogP contribution in [0.25, 0.3) is 0 Å². The second-order valence-corrected chi connectivity index (χ2v) is 3.55. The highest BCUT2D eigenvalue weighted by Gasteiger charge is 2.21. The maximum Gasteiger partial charge on any atom is 0.158 e. The van der Waals surface area contributed by atoms with E-state index in [4.69, 9.17) is 9.47 Å².